The van der Waals surface area contributed by atoms with Crippen molar-refractivity contribution in [3.63, 3.8) is 0 Å². The van der Waals surface area contributed by atoms with Crippen molar-refractivity contribution in [2.45, 2.75) is 32.0 Å². The Hall–Kier alpha value is -0.860. The Labute approximate surface area is 125 Å². The van der Waals surface area contributed by atoms with Gasteiger partial charge in [-0.25, -0.2) is 4.98 Å². The lowest BCUT2D eigenvalue weighted by atomic mass is 10.1. The van der Waals surface area contributed by atoms with Crippen molar-refractivity contribution in [1.29, 1.82) is 0 Å². The molecule has 1 aromatic heterocycles. The average Bonchev–Trinajstić information content (AvgIpc) is 2.75. The molecule has 0 aliphatic carbocycles. The predicted octanol–water partition coefficient (Wildman–Crippen LogP) is 2.54. The summed E-state index contributed by atoms with van der Waals surface area (Å²) < 4.78 is 37.4. The van der Waals surface area contributed by atoms with Crippen LogP contribution in [-0.2, 0) is 16.5 Å². The molecule has 0 aromatic carbocycles. The quantitative estimate of drug-likeness (QED) is 0.872. The molecule has 1 aromatic rings. The van der Waals surface area contributed by atoms with Gasteiger partial charge in [0.2, 0.25) is 5.91 Å². The molecule has 0 bridgehead atoms. The van der Waals surface area contributed by atoms with Gasteiger partial charge in [0.15, 0.2) is 5.69 Å². The third-order valence-corrected chi connectivity index (χ3v) is 3.55. The molecule has 0 atom stereocenters. The molecule has 0 saturated heterocycles. The molecule has 1 amide bonds. The number of alkyl halides is 3. The number of thiazole rings is 1. The summed E-state index contributed by atoms with van der Waals surface area (Å²) in [6.45, 7) is 3.76. The maximum absolute atomic E-state index is 12.5. The monoisotopic (exact) mass is 331 g/mol. The summed E-state index contributed by atoms with van der Waals surface area (Å²) in [4.78, 5) is 15.1. The zero-order chi connectivity index (χ0) is 14.7. The predicted molar refractivity (Wildman–Crippen MR) is 74.1 cm³/mol. The lowest BCUT2D eigenvalue weighted by molar-refractivity contribution is -0.140. The number of carbonyl (C=O) groups excluding carboxylic acids is 1. The van der Waals surface area contributed by atoms with Gasteiger partial charge in [0.05, 0.1) is 5.54 Å². The molecule has 9 heteroatoms. The van der Waals surface area contributed by atoms with Gasteiger partial charge >= 0.3 is 6.18 Å². The Morgan fingerprint density at radius 3 is 2.45 bits per heavy atom. The van der Waals surface area contributed by atoms with E-state index in [1.165, 1.54) is 0 Å². The van der Waals surface area contributed by atoms with E-state index < -0.39 is 17.4 Å². The van der Waals surface area contributed by atoms with Gasteiger partial charge in [-0.1, -0.05) is 0 Å². The number of amides is 1. The third-order valence-electron chi connectivity index (χ3n) is 2.38. The molecular formula is C11H17ClF3N3OS. The van der Waals surface area contributed by atoms with Crippen LogP contribution in [0.15, 0.2) is 5.38 Å². The Morgan fingerprint density at radius 1 is 1.40 bits per heavy atom. The molecule has 2 N–H and O–H groups in total. The summed E-state index contributed by atoms with van der Waals surface area (Å²) in [5.74, 6) is -0.233. The Morgan fingerprint density at radius 2 is 2.00 bits per heavy atom. The van der Waals surface area contributed by atoms with Gasteiger partial charge in [-0.05, 0) is 20.9 Å². The maximum Gasteiger partial charge on any atom is 0.434 e. The van der Waals surface area contributed by atoms with E-state index in [-0.39, 0.29) is 29.7 Å². The molecule has 20 heavy (non-hydrogen) atoms. The van der Waals surface area contributed by atoms with Crippen LogP contribution in [0.25, 0.3) is 0 Å². The zero-order valence-corrected chi connectivity index (χ0v) is 12.9. The van der Waals surface area contributed by atoms with Crippen LogP contribution in [0, 0.1) is 0 Å². The minimum Gasteiger partial charge on any atom is -0.345 e. The van der Waals surface area contributed by atoms with Crippen LogP contribution in [0.5, 0.6) is 0 Å². The molecule has 116 valence electrons. The standard InChI is InChI=1S/C11H16F3N3OS.ClH/c1-10(2,17-8(18)4-5-15-3)9-16-7(6-19-9)11(12,13)14;/h6,15H,4-5H2,1-3H3,(H,17,18);1H. The minimum absolute atomic E-state index is 0. The third kappa shape index (κ3) is 5.26. The number of aromatic nitrogens is 1. The fourth-order valence-electron chi connectivity index (χ4n) is 1.39. The summed E-state index contributed by atoms with van der Waals surface area (Å²) >= 11 is 0.888. The van der Waals surface area contributed by atoms with E-state index in [9.17, 15) is 18.0 Å². The van der Waals surface area contributed by atoms with E-state index in [0.29, 0.717) is 6.54 Å². The highest BCUT2D eigenvalue weighted by Gasteiger charge is 2.36. The van der Waals surface area contributed by atoms with Crippen molar-refractivity contribution >= 4 is 29.7 Å². The Kier molecular flexibility index (Phi) is 6.92. The first kappa shape index (κ1) is 19.1. The van der Waals surface area contributed by atoms with E-state index >= 15 is 0 Å². The van der Waals surface area contributed by atoms with Crippen molar-refractivity contribution in [3.8, 4) is 0 Å². The lowest BCUT2D eigenvalue weighted by Crippen LogP contribution is -2.41. The van der Waals surface area contributed by atoms with E-state index in [4.69, 9.17) is 0 Å². The summed E-state index contributed by atoms with van der Waals surface area (Å²) in [6, 6.07) is 0. The molecule has 4 nitrogen and oxygen atoms in total. The number of hydrogen-bond acceptors (Lipinski definition) is 4. The van der Waals surface area contributed by atoms with Gasteiger partial charge in [0.1, 0.15) is 5.01 Å². The van der Waals surface area contributed by atoms with Crippen LogP contribution in [0.2, 0.25) is 0 Å². The SMILES string of the molecule is CNCCC(=O)NC(C)(C)c1nc(C(F)(F)F)cs1.Cl. The summed E-state index contributed by atoms with van der Waals surface area (Å²) in [7, 11) is 1.72. The van der Waals surface area contributed by atoms with E-state index in [2.05, 4.69) is 15.6 Å². The summed E-state index contributed by atoms with van der Waals surface area (Å²) in [5.41, 5.74) is -1.84. The van der Waals surface area contributed by atoms with Crippen molar-refractivity contribution in [3.05, 3.63) is 16.1 Å². The number of hydrogen-bond donors (Lipinski definition) is 2. The van der Waals surface area contributed by atoms with Crippen LogP contribution in [-0.4, -0.2) is 24.5 Å². The molecule has 0 fully saturated rings. The highest BCUT2D eigenvalue weighted by atomic mass is 35.5. The smallest absolute Gasteiger partial charge is 0.345 e. The number of nitrogens with one attached hydrogen (secondary N) is 2. The first-order chi connectivity index (χ1) is 8.66. The summed E-state index contributed by atoms with van der Waals surface area (Å²) in [5, 5.41) is 6.69. The normalized spacial score (nSPS) is 11.9. The lowest BCUT2D eigenvalue weighted by Gasteiger charge is -2.23. The van der Waals surface area contributed by atoms with Gasteiger partial charge in [-0.2, -0.15) is 13.2 Å². The molecule has 0 aliphatic heterocycles. The van der Waals surface area contributed by atoms with Gasteiger partial charge in [-0.15, -0.1) is 23.7 Å². The highest BCUT2D eigenvalue weighted by Crippen LogP contribution is 2.33. The van der Waals surface area contributed by atoms with Crippen molar-refractivity contribution in [2.24, 2.45) is 0 Å². The van der Waals surface area contributed by atoms with Crippen molar-refractivity contribution in [1.82, 2.24) is 15.6 Å². The largest absolute Gasteiger partial charge is 0.434 e. The second kappa shape index (κ2) is 7.24. The molecule has 0 saturated carbocycles. The Bertz CT molecular complexity index is 448. The van der Waals surface area contributed by atoms with Crippen molar-refractivity contribution < 1.29 is 18.0 Å². The highest BCUT2D eigenvalue weighted by molar-refractivity contribution is 7.09. The fraction of sp³-hybridized carbons (Fsp3) is 0.636. The van der Waals surface area contributed by atoms with Gasteiger partial charge < -0.3 is 10.6 Å². The van der Waals surface area contributed by atoms with Crippen LogP contribution in [0.4, 0.5) is 13.2 Å². The molecule has 0 aliphatic rings. The molecule has 1 rings (SSSR count). The first-order valence-electron chi connectivity index (χ1n) is 5.65. The van der Waals surface area contributed by atoms with Gasteiger partial charge in [0, 0.05) is 18.3 Å². The first-order valence-corrected chi connectivity index (χ1v) is 6.53. The zero-order valence-electron chi connectivity index (χ0n) is 11.3. The maximum atomic E-state index is 12.5. The van der Waals surface area contributed by atoms with E-state index in [1.54, 1.807) is 20.9 Å². The summed E-state index contributed by atoms with van der Waals surface area (Å²) in [6.07, 6.45) is -4.20. The van der Waals surface area contributed by atoms with Gasteiger partial charge in [0.25, 0.3) is 0 Å². The number of halogens is 4. The van der Waals surface area contributed by atoms with E-state index in [0.717, 1.165) is 16.7 Å². The minimum atomic E-state index is -4.46. The molecule has 1 heterocycles. The van der Waals surface area contributed by atoms with Crippen LogP contribution in [0.1, 0.15) is 31.0 Å². The van der Waals surface area contributed by atoms with E-state index in [1.807, 2.05) is 0 Å². The average molecular weight is 332 g/mol. The van der Waals surface area contributed by atoms with Crippen LogP contribution < -0.4 is 10.6 Å². The van der Waals surface area contributed by atoms with Crippen molar-refractivity contribution in [2.75, 3.05) is 13.6 Å². The molecule has 0 spiro atoms. The molecule has 0 unspecified atom stereocenters. The fourth-order valence-corrected chi connectivity index (χ4v) is 2.30. The molecular weight excluding hydrogens is 315 g/mol. The molecule has 0 radical (unpaired) electrons. The number of rotatable bonds is 5. The number of nitrogens with zero attached hydrogens (tertiary/aromatic N) is 1. The Balaban J connectivity index is 0.00000361. The second-order valence-corrected chi connectivity index (χ2v) is 5.42. The number of carbonyl (C=O) groups is 1. The second-order valence-electron chi connectivity index (χ2n) is 4.56. The van der Waals surface area contributed by atoms with Gasteiger partial charge in [-0.3, -0.25) is 4.79 Å². The van der Waals surface area contributed by atoms with Crippen LogP contribution >= 0.6 is 23.7 Å². The topological polar surface area (TPSA) is 54.0 Å². The van der Waals surface area contributed by atoms with Crippen LogP contribution in [0.3, 0.4) is 0 Å².